The normalized spacial score (nSPS) is 15.1. The van der Waals surface area contributed by atoms with Crippen molar-refractivity contribution in [2.45, 2.75) is 38.9 Å². The fourth-order valence-electron chi connectivity index (χ4n) is 4.08. The number of nitrogens with one attached hydrogen (secondary N) is 2. The molecular formula is C29H29N3O3. The van der Waals surface area contributed by atoms with E-state index in [-0.39, 0.29) is 17.7 Å². The first-order valence-corrected chi connectivity index (χ1v) is 11.7. The van der Waals surface area contributed by atoms with E-state index in [1.165, 1.54) is 5.56 Å². The number of anilines is 1. The van der Waals surface area contributed by atoms with E-state index in [9.17, 15) is 14.4 Å². The Morgan fingerprint density at radius 2 is 1.63 bits per heavy atom. The molecule has 0 radical (unpaired) electrons. The average molecular weight is 468 g/mol. The molecule has 0 bridgehead atoms. The average Bonchev–Trinajstić information content (AvgIpc) is 3.24. The van der Waals surface area contributed by atoms with Gasteiger partial charge in [0.25, 0.3) is 5.91 Å². The number of hydrogen-bond donors (Lipinski definition) is 2. The van der Waals surface area contributed by atoms with Gasteiger partial charge in [0.15, 0.2) is 0 Å². The van der Waals surface area contributed by atoms with Crippen molar-refractivity contribution in [2.75, 3.05) is 5.32 Å². The molecular weight excluding hydrogens is 438 g/mol. The van der Waals surface area contributed by atoms with E-state index in [1.54, 1.807) is 35.2 Å². The predicted octanol–water partition coefficient (Wildman–Crippen LogP) is 4.70. The Labute approximate surface area is 205 Å². The van der Waals surface area contributed by atoms with Crippen molar-refractivity contribution in [2.24, 2.45) is 0 Å². The van der Waals surface area contributed by atoms with Gasteiger partial charge in [0.1, 0.15) is 6.04 Å². The van der Waals surface area contributed by atoms with Crippen LogP contribution >= 0.6 is 0 Å². The topological polar surface area (TPSA) is 78.5 Å². The summed E-state index contributed by atoms with van der Waals surface area (Å²) in [6, 6.07) is 22.0. The summed E-state index contributed by atoms with van der Waals surface area (Å²) in [6.07, 6.45) is 2.60. The summed E-state index contributed by atoms with van der Waals surface area (Å²) in [4.78, 5) is 39.5. The van der Waals surface area contributed by atoms with E-state index in [0.29, 0.717) is 37.2 Å². The van der Waals surface area contributed by atoms with Gasteiger partial charge in [0.2, 0.25) is 11.8 Å². The molecule has 0 aliphatic carbocycles. The molecule has 6 heteroatoms. The van der Waals surface area contributed by atoms with Gasteiger partial charge in [-0.15, -0.1) is 0 Å². The Kier molecular flexibility index (Phi) is 7.41. The van der Waals surface area contributed by atoms with Crippen LogP contribution in [0.1, 0.15) is 45.5 Å². The Balaban J connectivity index is 1.34. The predicted molar refractivity (Wildman–Crippen MR) is 138 cm³/mol. The van der Waals surface area contributed by atoms with Crippen LogP contribution in [0.4, 0.5) is 5.69 Å². The van der Waals surface area contributed by atoms with Gasteiger partial charge in [-0.3, -0.25) is 14.4 Å². The molecule has 1 fully saturated rings. The number of aryl methyl sites for hydroxylation is 1. The number of rotatable bonds is 8. The van der Waals surface area contributed by atoms with Gasteiger partial charge in [0.05, 0.1) is 0 Å². The maximum Gasteiger partial charge on any atom is 0.251 e. The fourth-order valence-corrected chi connectivity index (χ4v) is 4.08. The van der Waals surface area contributed by atoms with Gasteiger partial charge >= 0.3 is 0 Å². The van der Waals surface area contributed by atoms with Gasteiger partial charge in [-0.25, -0.2) is 0 Å². The Bertz CT molecular complexity index is 1220. The van der Waals surface area contributed by atoms with E-state index < -0.39 is 6.04 Å². The van der Waals surface area contributed by atoms with Crippen LogP contribution in [0, 0.1) is 6.92 Å². The van der Waals surface area contributed by atoms with Crippen LogP contribution < -0.4 is 10.6 Å². The molecule has 1 saturated heterocycles. The zero-order valence-electron chi connectivity index (χ0n) is 19.8. The molecule has 35 heavy (non-hydrogen) atoms. The molecule has 0 saturated carbocycles. The van der Waals surface area contributed by atoms with Crippen LogP contribution in [-0.2, 0) is 22.7 Å². The quantitative estimate of drug-likeness (QED) is 0.504. The number of amides is 3. The highest BCUT2D eigenvalue weighted by molar-refractivity contribution is 6.00. The second kappa shape index (κ2) is 10.8. The van der Waals surface area contributed by atoms with Crippen molar-refractivity contribution in [3.05, 3.63) is 107 Å². The lowest BCUT2D eigenvalue weighted by Crippen LogP contribution is -2.41. The first kappa shape index (κ1) is 24.0. The van der Waals surface area contributed by atoms with Crippen LogP contribution in [0.25, 0.3) is 6.08 Å². The van der Waals surface area contributed by atoms with E-state index in [1.807, 2.05) is 55.5 Å². The summed E-state index contributed by atoms with van der Waals surface area (Å²) in [5.74, 6) is -0.438. The van der Waals surface area contributed by atoms with E-state index in [2.05, 4.69) is 17.2 Å². The number of carbonyl (C=O) groups excluding carboxylic acids is 3. The third-order valence-electron chi connectivity index (χ3n) is 6.19. The number of carbonyl (C=O) groups is 3. The maximum absolute atomic E-state index is 13.0. The summed E-state index contributed by atoms with van der Waals surface area (Å²) in [5, 5.41) is 5.79. The van der Waals surface area contributed by atoms with Crippen molar-refractivity contribution in [3.63, 3.8) is 0 Å². The van der Waals surface area contributed by atoms with Crippen LogP contribution in [0.2, 0.25) is 0 Å². The number of nitrogens with zero attached hydrogens (tertiary/aromatic N) is 1. The fraction of sp³-hybridized carbons (Fsp3) is 0.207. The van der Waals surface area contributed by atoms with Crippen LogP contribution in [-0.4, -0.2) is 28.7 Å². The van der Waals surface area contributed by atoms with Gasteiger partial charge < -0.3 is 15.5 Å². The summed E-state index contributed by atoms with van der Waals surface area (Å²) in [6.45, 7) is 6.60. The van der Waals surface area contributed by atoms with Crippen LogP contribution in [0.5, 0.6) is 0 Å². The molecule has 4 rings (SSSR count). The Hall–Kier alpha value is -4.19. The second-order valence-electron chi connectivity index (χ2n) is 8.76. The van der Waals surface area contributed by atoms with E-state index in [0.717, 1.165) is 16.7 Å². The summed E-state index contributed by atoms with van der Waals surface area (Å²) in [5.41, 5.74) is 5.26. The number of likely N-dealkylation sites (tertiary alicyclic amines) is 1. The molecule has 6 nitrogen and oxygen atoms in total. The molecule has 1 aliphatic rings. The Morgan fingerprint density at radius 3 is 2.29 bits per heavy atom. The standard InChI is InChI=1S/C29H29N3O3/c1-3-21-8-10-23(11-9-21)19-32-26(16-17-27(32)33)29(35)31-25-14-12-24(13-15-25)28(34)30-18-22-6-4-20(2)5-7-22/h3-15,26H,1,16-19H2,2H3,(H,30,34)(H,31,35). The molecule has 178 valence electrons. The maximum atomic E-state index is 13.0. The van der Waals surface area contributed by atoms with Crippen molar-refractivity contribution in [1.29, 1.82) is 0 Å². The minimum Gasteiger partial charge on any atom is -0.348 e. The van der Waals surface area contributed by atoms with Crippen molar-refractivity contribution < 1.29 is 14.4 Å². The third-order valence-corrected chi connectivity index (χ3v) is 6.19. The van der Waals surface area contributed by atoms with Gasteiger partial charge in [-0.1, -0.05) is 66.7 Å². The molecule has 3 amide bonds. The first-order valence-electron chi connectivity index (χ1n) is 11.7. The first-order chi connectivity index (χ1) is 16.9. The van der Waals surface area contributed by atoms with Crippen LogP contribution in [0.15, 0.2) is 79.4 Å². The molecule has 3 aromatic carbocycles. The number of hydrogen-bond acceptors (Lipinski definition) is 3. The zero-order chi connectivity index (χ0) is 24.8. The zero-order valence-corrected chi connectivity index (χ0v) is 19.8. The second-order valence-corrected chi connectivity index (χ2v) is 8.76. The molecule has 0 spiro atoms. The Morgan fingerprint density at radius 1 is 0.971 bits per heavy atom. The molecule has 1 unspecified atom stereocenters. The van der Waals surface area contributed by atoms with E-state index >= 15 is 0 Å². The molecule has 3 aromatic rings. The van der Waals surface area contributed by atoms with Gasteiger partial charge in [0, 0.05) is 30.8 Å². The van der Waals surface area contributed by atoms with Gasteiger partial charge in [-0.05, 0) is 54.3 Å². The summed E-state index contributed by atoms with van der Waals surface area (Å²) < 4.78 is 0. The summed E-state index contributed by atoms with van der Waals surface area (Å²) >= 11 is 0. The highest BCUT2D eigenvalue weighted by Crippen LogP contribution is 2.23. The van der Waals surface area contributed by atoms with Crippen LogP contribution in [0.3, 0.4) is 0 Å². The molecule has 2 N–H and O–H groups in total. The molecule has 1 heterocycles. The lowest BCUT2D eigenvalue weighted by Gasteiger charge is -2.24. The van der Waals surface area contributed by atoms with Crippen molar-refractivity contribution in [3.8, 4) is 0 Å². The lowest BCUT2D eigenvalue weighted by molar-refractivity contribution is -0.133. The third kappa shape index (κ3) is 6.03. The van der Waals surface area contributed by atoms with Gasteiger partial charge in [-0.2, -0.15) is 0 Å². The molecule has 1 atom stereocenters. The molecule has 1 aliphatic heterocycles. The highest BCUT2D eigenvalue weighted by Gasteiger charge is 2.36. The summed E-state index contributed by atoms with van der Waals surface area (Å²) in [7, 11) is 0. The largest absolute Gasteiger partial charge is 0.348 e. The minimum atomic E-state index is -0.529. The highest BCUT2D eigenvalue weighted by atomic mass is 16.2. The monoisotopic (exact) mass is 467 g/mol. The smallest absolute Gasteiger partial charge is 0.251 e. The minimum absolute atomic E-state index is 0.0291. The lowest BCUT2D eigenvalue weighted by atomic mass is 10.1. The SMILES string of the molecule is C=Cc1ccc(CN2C(=O)CCC2C(=O)Nc2ccc(C(=O)NCc3ccc(C)cc3)cc2)cc1. The van der Waals surface area contributed by atoms with Crippen molar-refractivity contribution in [1.82, 2.24) is 10.2 Å². The number of benzene rings is 3. The van der Waals surface area contributed by atoms with Crippen molar-refractivity contribution >= 4 is 29.5 Å². The molecule has 0 aromatic heterocycles. The van der Waals surface area contributed by atoms with E-state index in [4.69, 9.17) is 0 Å².